The molecule has 1 atom stereocenters. The maximum Gasteiger partial charge on any atom is 0.224 e. The minimum atomic E-state index is -0.469. The Morgan fingerprint density at radius 1 is 1.56 bits per heavy atom. The van der Waals surface area contributed by atoms with Crippen LogP contribution >= 0.6 is 11.6 Å². The van der Waals surface area contributed by atoms with Gasteiger partial charge in [-0.1, -0.05) is 30.7 Å². The van der Waals surface area contributed by atoms with Crippen LogP contribution in [-0.2, 0) is 11.2 Å². The summed E-state index contributed by atoms with van der Waals surface area (Å²) in [4.78, 5) is 11.5. The van der Waals surface area contributed by atoms with E-state index in [9.17, 15) is 9.90 Å². The molecule has 0 bridgehead atoms. The lowest BCUT2D eigenvalue weighted by Gasteiger charge is -2.09. The van der Waals surface area contributed by atoms with Crippen molar-refractivity contribution in [2.45, 2.75) is 25.9 Å². The molecule has 0 aliphatic carbocycles. The molecule has 0 aliphatic heterocycles. The van der Waals surface area contributed by atoms with E-state index in [-0.39, 0.29) is 12.3 Å². The summed E-state index contributed by atoms with van der Waals surface area (Å²) in [7, 11) is 0. The van der Waals surface area contributed by atoms with Gasteiger partial charge in [0.2, 0.25) is 5.91 Å². The molecule has 0 heterocycles. The molecule has 1 amide bonds. The van der Waals surface area contributed by atoms with Crippen LogP contribution in [0.1, 0.15) is 18.9 Å². The largest absolute Gasteiger partial charge is 0.391 e. The minimum absolute atomic E-state index is 0.102. The first-order valence-corrected chi connectivity index (χ1v) is 5.68. The van der Waals surface area contributed by atoms with Gasteiger partial charge in [-0.25, -0.2) is 0 Å². The molecule has 1 aromatic rings. The van der Waals surface area contributed by atoms with E-state index in [1.165, 1.54) is 0 Å². The van der Waals surface area contributed by atoms with Crippen LogP contribution in [-0.4, -0.2) is 23.7 Å². The number of benzene rings is 1. The summed E-state index contributed by atoms with van der Waals surface area (Å²) in [5, 5.41) is 12.6. The highest BCUT2D eigenvalue weighted by Crippen LogP contribution is 2.10. The minimum Gasteiger partial charge on any atom is -0.391 e. The standard InChI is InChI=1S/C12H16ClNO2/c1-2-11(15)8-14-12(16)7-9-4-3-5-10(13)6-9/h3-6,11,15H,2,7-8H2,1H3,(H,14,16). The van der Waals surface area contributed by atoms with Gasteiger partial charge in [0.25, 0.3) is 0 Å². The van der Waals surface area contributed by atoms with Crippen LogP contribution < -0.4 is 5.32 Å². The van der Waals surface area contributed by atoms with Crippen molar-refractivity contribution in [3.8, 4) is 0 Å². The quantitative estimate of drug-likeness (QED) is 0.826. The predicted molar refractivity (Wildman–Crippen MR) is 64.5 cm³/mol. The Balaban J connectivity index is 2.40. The average molecular weight is 242 g/mol. The van der Waals surface area contributed by atoms with Crippen LogP contribution in [0.2, 0.25) is 5.02 Å². The highest BCUT2D eigenvalue weighted by molar-refractivity contribution is 6.30. The van der Waals surface area contributed by atoms with E-state index < -0.39 is 6.10 Å². The number of carbonyl (C=O) groups excluding carboxylic acids is 1. The smallest absolute Gasteiger partial charge is 0.224 e. The van der Waals surface area contributed by atoms with Gasteiger partial charge in [0.15, 0.2) is 0 Å². The Morgan fingerprint density at radius 2 is 2.31 bits per heavy atom. The monoisotopic (exact) mass is 241 g/mol. The number of carbonyl (C=O) groups is 1. The summed E-state index contributed by atoms with van der Waals surface area (Å²) >= 11 is 5.81. The number of amides is 1. The Bertz CT molecular complexity index is 355. The predicted octanol–water partition coefficient (Wildman–Crippen LogP) is 1.77. The molecule has 3 nitrogen and oxygen atoms in total. The van der Waals surface area contributed by atoms with E-state index in [2.05, 4.69) is 5.32 Å². The van der Waals surface area contributed by atoms with Crippen LogP contribution in [0.4, 0.5) is 0 Å². The first kappa shape index (κ1) is 13.0. The molecule has 0 saturated carbocycles. The third kappa shape index (κ3) is 4.64. The van der Waals surface area contributed by atoms with Crippen molar-refractivity contribution in [2.75, 3.05) is 6.54 Å². The zero-order valence-corrected chi connectivity index (χ0v) is 10.00. The number of halogens is 1. The molecule has 16 heavy (non-hydrogen) atoms. The Hall–Kier alpha value is -1.06. The van der Waals surface area contributed by atoms with Gasteiger partial charge in [-0.2, -0.15) is 0 Å². The molecule has 0 saturated heterocycles. The molecular formula is C12H16ClNO2. The number of nitrogens with one attached hydrogen (secondary N) is 1. The highest BCUT2D eigenvalue weighted by Gasteiger charge is 2.06. The molecule has 0 aliphatic rings. The van der Waals surface area contributed by atoms with Crippen LogP contribution in [0.3, 0.4) is 0 Å². The van der Waals surface area contributed by atoms with Gasteiger partial charge in [0, 0.05) is 11.6 Å². The molecular weight excluding hydrogens is 226 g/mol. The molecule has 4 heteroatoms. The van der Waals surface area contributed by atoms with E-state index in [1.54, 1.807) is 12.1 Å². The molecule has 0 radical (unpaired) electrons. The fraction of sp³-hybridized carbons (Fsp3) is 0.417. The molecule has 0 fully saturated rings. The van der Waals surface area contributed by atoms with Crippen LogP contribution in [0, 0.1) is 0 Å². The van der Waals surface area contributed by atoms with Crippen LogP contribution in [0.25, 0.3) is 0 Å². The van der Waals surface area contributed by atoms with Crippen molar-refractivity contribution in [3.05, 3.63) is 34.9 Å². The van der Waals surface area contributed by atoms with Gasteiger partial charge in [-0.3, -0.25) is 4.79 Å². The molecule has 1 aromatic carbocycles. The second kappa shape index (κ2) is 6.51. The fourth-order valence-corrected chi connectivity index (χ4v) is 1.48. The summed E-state index contributed by atoms with van der Waals surface area (Å²) in [6.45, 7) is 2.17. The normalized spacial score (nSPS) is 12.2. The van der Waals surface area contributed by atoms with Gasteiger partial charge in [0.05, 0.1) is 12.5 Å². The first-order valence-electron chi connectivity index (χ1n) is 5.31. The van der Waals surface area contributed by atoms with Gasteiger partial charge in [0.1, 0.15) is 0 Å². The molecule has 1 unspecified atom stereocenters. The van der Waals surface area contributed by atoms with Gasteiger partial charge in [-0.15, -0.1) is 0 Å². The van der Waals surface area contributed by atoms with E-state index in [0.717, 1.165) is 5.56 Å². The summed E-state index contributed by atoms with van der Waals surface area (Å²) < 4.78 is 0. The lowest BCUT2D eigenvalue weighted by Crippen LogP contribution is -2.32. The maximum absolute atomic E-state index is 11.5. The fourth-order valence-electron chi connectivity index (χ4n) is 1.27. The van der Waals surface area contributed by atoms with E-state index in [0.29, 0.717) is 18.0 Å². The van der Waals surface area contributed by atoms with Gasteiger partial charge in [-0.05, 0) is 24.1 Å². The zero-order valence-electron chi connectivity index (χ0n) is 9.24. The summed E-state index contributed by atoms with van der Waals surface area (Å²) in [6.07, 6.45) is 0.456. The van der Waals surface area contributed by atoms with E-state index in [1.807, 2.05) is 19.1 Å². The number of hydrogen-bond acceptors (Lipinski definition) is 2. The van der Waals surface area contributed by atoms with Crippen molar-refractivity contribution in [1.82, 2.24) is 5.32 Å². The number of rotatable bonds is 5. The Morgan fingerprint density at radius 3 is 2.94 bits per heavy atom. The topological polar surface area (TPSA) is 49.3 Å². The molecule has 0 spiro atoms. The lowest BCUT2D eigenvalue weighted by molar-refractivity contribution is -0.120. The average Bonchev–Trinajstić information content (AvgIpc) is 2.26. The molecule has 88 valence electrons. The first-order chi connectivity index (χ1) is 7.61. The maximum atomic E-state index is 11.5. The summed E-state index contributed by atoms with van der Waals surface area (Å²) in [6, 6.07) is 7.19. The van der Waals surface area contributed by atoms with Gasteiger partial charge >= 0.3 is 0 Å². The zero-order chi connectivity index (χ0) is 12.0. The van der Waals surface area contributed by atoms with Crippen molar-refractivity contribution in [3.63, 3.8) is 0 Å². The molecule has 0 aromatic heterocycles. The highest BCUT2D eigenvalue weighted by atomic mass is 35.5. The number of aliphatic hydroxyl groups is 1. The number of aliphatic hydroxyl groups excluding tert-OH is 1. The van der Waals surface area contributed by atoms with E-state index in [4.69, 9.17) is 11.6 Å². The van der Waals surface area contributed by atoms with E-state index >= 15 is 0 Å². The Labute approximate surface area is 100 Å². The summed E-state index contributed by atoms with van der Waals surface area (Å²) in [5.41, 5.74) is 0.871. The third-order valence-electron chi connectivity index (χ3n) is 2.26. The number of hydrogen-bond donors (Lipinski definition) is 2. The van der Waals surface area contributed by atoms with Crippen molar-refractivity contribution in [1.29, 1.82) is 0 Å². The van der Waals surface area contributed by atoms with Crippen molar-refractivity contribution in [2.24, 2.45) is 0 Å². The second-order valence-electron chi connectivity index (χ2n) is 3.67. The Kier molecular flexibility index (Phi) is 5.29. The molecule has 2 N–H and O–H groups in total. The third-order valence-corrected chi connectivity index (χ3v) is 2.49. The second-order valence-corrected chi connectivity index (χ2v) is 4.11. The lowest BCUT2D eigenvalue weighted by atomic mass is 10.1. The van der Waals surface area contributed by atoms with Crippen LogP contribution in [0.15, 0.2) is 24.3 Å². The SMILES string of the molecule is CCC(O)CNC(=O)Cc1cccc(Cl)c1. The molecule has 1 rings (SSSR count). The van der Waals surface area contributed by atoms with Crippen LogP contribution in [0.5, 0.6) is 0 Å². The van der Waals surface area contributed by atoms with Crippen molar-refractivity contribution < 1.29 is 9.90 Å². The summed E-state index contributed by atoms with van der Waals surface area (Å²) in [5.74, 6) is -0.102. The van der Waals surface area contributed by atoms with Gasteiger partial charge < -0.3 is 10.4 Å². The van der Waals surface area contributed by atoms with Crippen molar-refractivity contribution >= 4 is 17.5 Å².